The lowest BCUT2D eigenvalue weighted by Crippen LogP contribution is -2.48. The molecule has 2 amide bonds. The molecule has 0 saturated carbocycles. The number of carbonyl (C=O) groups is 3. The number of nitrogens with one attached hydrogen (secondary N) is 2. The summed E-state index contributed by atoms with van der Waals surface area (Å²) in [7, 11) is 0. The van der Waals surface area contributed by atoms with Gasteiger partial charge in [0.05, 0.1) is 6.54 Å². The van der Waals surface area contributed by atoms with Gasteiger partial charge in [-0.25, -0.2) is 4.79 Å². The second-order valence-electron chi connectivity index (χ2n) is 6.97. The molecule has 0 rings (SSSR count). The molecule has 7 nitrogen and oxygen atoms in total. The molecule has 24 heavy (non-hydrogen) atoms. The van der Waals surface area contributed by atoms with Gasteiger partial charge in [-0.15, -0.1) is 0 Å². The van der Waals surface area contributed by atoms with Gasteiger partial charge in [0.2, 0.25) is 5.91 Å². The van der Waals surface area contributed by atoms with E-state index in [1.807, 2.05) is 0 Å². The summed E-state index contributed by atoms with van der Waals surface area (Å²) in [4.78, 5) is 33.9. The Labute approximate surface area is 145 Å². The SMILES string of the molecule is CC(C)C.CC[C@H](NC(=O)OC(C)(C)C)C(=O)NCCOC(C)=O. The van der Waals surface area contributed by atoms with E-state index >= 15 is 0 Å². The third-order valence-corrected chi connectivity index (χ3v) is 2.12. The molecule has 0 aliphatic heterocycles. The summed E-state index contributed by atoms with van der Waals surface area (Å²) < 4.78 is 9.76. The van der Waals surface area contributed by atoms with E-state index in [2.05, 4.69) is 36.1 Å². The summed E-state index contributed by atoms with van der Waals surface area (Å²) in [6.45, 7) is 15.1. The number of esters is 1. The van der Waals surface area contributed by atoms with Gasteiger partial charge in [0.15, 0.2) is 0 Å². The van der Waals surface area contributed by atoms with Gasteiger partial charge in [-0.05, 0) is 33.1 Å². The predicted octanol–water partition coefficient (Wildman–Crippen LogP) is 2.63. The third-order valence-electron chi connectivity index (χ3n) is 2.12. The summed E-state index contributed by atoms with van der Waals surface area (Å²) in [5.41, 5.74) is -0.617. The molecule has 0 unspecified atom stereocenters. The van der Waals surface area contributed by atoms with Crippen LogP contribution in [0, 0.1) is 5.92 Å². The van der Waals surface area contributed by atoms with Crippen molar-refractivity contribution in [2.75, 3.05) is 13.2 Å². The highest BCUT2D eigenvalue weighted by Crippen LogP contribution is 2.07. The van der Waals surface area contributed by atoms with Crippen LogP contribution < -0.4 is 10.6 Å². The zero-order valence-electron chi connectivity index (χ0n) is 16.3. The van der Waals surface area contributed by atoms with Crippen LogP contribution in [-0.2, 0) is 19.1 Å². The highest BCUT2D eigenvalue weighted by Gasteiger charge is 2.22. The Kier molecular flexibility index (Phi) is 12.9. The molecule has 0 aromatic rings. The van der Waals surface area contributed by atoms with Crippen molar-refractivity contribution >= 4 is 18.0 Å². The Morgan fingerprint density at radius 1 is 1.08 bits per heavy atom. The first-order chi connectivity index (χ1) is 10.9. The summed E-state index contributed by atoms with van der Waals surface area (Å²) in [6.07, 6.45) is -0.210. The van der Waals surface area contributed by atoms with Crippen molar-refractivity contribution in [1.29, 1.82) is 0 Å². The molecule has 0 aromatic carbocycles. The van der Waals surface area contributed by atoms with Crippen molar-refractivity contribution in [1.82, 2.24) is 10.6 Å². The molecule has 0 aliphatic carbocycles. The quantitative estimate of drug-likeness (QED) is 0.569. The zero-order chi connectivity index (χ0) is 19.3. The van der Waals surface area contributed by atoms with Crippen LogP contribution >= 0.6 is 0 Å². The minimum absolute atomic E-state index is 0.101. The molecule has 0 spiro atoms. The zero-order valence-corrected chi connectivity index (χ0v) is 16.3. The van der Waals surface area contributed by atoms with Gasteiger partial charge in [0.1, 0.15) is 18.2 Å². The molecule has 142 valence electrons. The molecule has 0 radical (unpaired) electrons. The smallest absolute Gasteiger partial charge is 0.408 e. The maximum Gasteiger partial charge on any atom is 0.408 e. The van der Waals surface area contributed by atoms with Crippen LogP contribution in [0.2, 0.25) is 0 Å². The van der Waals surface area contributed by atoms with Crippen LogP contribution in [0.5, 0.6) is 0 Å². The first kappa shape index (κ1) is 24.5. The molecule has 0 aliphatic rings. The van der Waals surface area contributed by atoms with Gasteiger partial charge in [0, 0.05) is 6.92 Å². The van der Waals surface area contributed by atoms with Crippen molar-refractivity contribution in [2.45, 2.75) is 73.5 Å². The Balaban J connectivity index is 0. The molecule has 0 bridgehead atoms. The number of rotatable bonds is 6. The minimum Gasteiger partial charge on any atom is -0.464 e. The molecular weight excluding hydrogens is 312 g/mol. The van der Waals surface area contributed by atoms with Crippen LogP contribution in [0.4, 0.5) is 4.79 Å². The molecule has 0 fully saturated rings. The molecule has 1 atom stereocenters. The number of carbonyl (C=O) groups excluding carboxylic acids is 3. The lowest BCUT2D eigenvalue weighted by molar-refractivity contribution is -0.141. The number of amides is 2. The van der Waals surface area contributed by atoms with Gasteiger partial charge in [-0.3, -0.25) is 9.59 Å². The lowest BCUT2D eigenvalue weighted by Gasteiger charge is -2.22. The van der Waals surface area contributed by atoms with E-state index in [1.54, 1.807) is 27.7 Å². The fourth-order valence-corrected chi connectivity index (χ4v) is 1.30. The van der Waals surface area contributed by atoms with Crippen LogP contribution in [0.3, 0.4) is 0 Å². The molecule has 0 saturated heterocycles. The lowest BCUT2D eigenvalue weighted by atomic mass is 10.2. The van der Waals surface area contributed by atoms with E-state index in [1.165, 1.54) is 6.92 Å². The van der Waals surface area contributed by atoms with Gasteiger partial charge in [-0.1, -0.05) is 27.7 Å². The third kappa shape index (κ3) is 18.3. The molecular formula is C17H34N2O5. The van der Waals surface area contributed by atoms with E-state index in [-0.39, 0.29) is 19.1 Å². The Hall–Kier alpha value is -1.79. The highest BCUT2D eigenvalue weighted by molar-refractivity contribution is 5.85. The fourth-order valence-electron chi connectivity index (χ4n) is 1.30. The van der Waals surface area contributed by atoms with E-state index in [0.717, 1.165) is 5.92 Å². The van der Waals surface area contributed by atoms with E-state index in [0.29, 0.717) is 6.42 Å². The number of ether oxygens (including phenoxy) is 2. The van der Waals surface area contributed by atoms with Crippen molar-refractivity contribution in [3.63, 3.8) is 0 Å². The molecule has 0 aromatic heterocycles. The van der Waals surface area contributed by atoms with E-state index in [9.17, 15) is 14.4 Å². The monoisotopic (exact) mass is 346 g/mol. The Morgan fingerprint density at radius 2 is 1.58 bits per heavy atom. The molecule has 2 N–H and O–H groups in total. The summed E-state index contributed by atoms with van der Waals surface area (Å²) in [5.74, 6) is 0.0867. The van der Waals surface area contributed by atoms with Crippen molar-refractivity contribution in [3.8, 4) is 0 Å². The molecule has 0 heterocycles. The number of hydrogen-bond donors (Lipinski definition) is 2. The van der Waals surface area contributed by atoms with Gasteiger partial charge in [0.25, 0.3) is 0 Å². The standard InChI is InChI=1S/C13H24N2O5.C4H10/c1-6-10(15-12(18)20-13(3,4)5)11(17)14-7-8-19-9(2)16;1-4(2)3/h10H,6-8H2,1-5H3,(H,14,17)(H,15,18);4H,1-3H3/t10-;/m0./s1. The fraction of sp³-hybridized carbons (Fsp3) is 0.824. The van der Waals surface area contributed by atoms with E-state index < -0.39 is 23.7 Å². The second-order valence-corrected chi connectivity index (χ2v) is 6.97. The van der Waals surface area contributed by atoms with Gasteiger partial charge in [-0.2, -0.15) is 0 Å². The summed E-state index contributed by atoms with van der Waals surface area (Å²) >= 11 is 0. The summed E-state index contributed by atoms with van der Waals surface area (Å²) in [5, 5.41) is 5.06. The summed E-state index contributed by atoms with van der Waals surface area (Å²) in [6, 6.07) is -0.679. The van der Waals surface area contributed by atoms with Crippen LogP contribution in [0.15, 0.2) is 0 Å². The predicted molar refractivity (Wildman–Crippen MR) is 93.6 cm³/mol. The largest absolute Gasteiger partial charge is 0.464 e. The minimum atomic E-state index is -0.679. The maximum atomic E-state index is 11.8. The van der Waals surface area contributed by atoms with Crippen molar-refractivity contribution in [2.24, 2.45) is 5.92 Å². The second kappa shape index (κ2) is 12.6. The Bertz CT molecular complexity index is 386. The van der Waals surface area contributed by atoms with Crippen LogP contribution in [-0.4, -0.2) is 42.8 Å². The van der Waals surface area contributed by atoms with Crippen LogP contribution in [0.25, 0.3) is 0 Å². The average Bonchev–Trinajstić information content (AvgIpc) is 2.37. The number of alkyl carbamates (subject to hydrolysis) is 1. The highest BCUT2D eigenvalue weighted by atomic mass is 16.6. The first-order valence-corrected chi connectivity index (χ1v) is 8.29. The van der Waals surface area contributed by atoms with Gasteiger partial charge >= 0.3 is 12.1 Å². The number of hydrogen-bond acceptors (Lipinski definition) is 5. The maximum absolute atomic E-state index is 11.8. The van der Waals surface area contributed by atoms with E-state index in [4.69, 9.17) is 4.74 Å². The topological polar surface area (TPSA) is 93.7 Å². The van der Waals surface area contributed by atoms with Crippen molar-refractivity contribution in [3.05, 3.63) is 0 Å². The van der Waals surface area contributed by atoms with Crippen molar-refractivity contribution < 1.29 is 23.9 Å². The van der Waals surface area contributed by atoms with Crippen LogP contribution in [0.1, 0.15) is 61.8 Å². The van der Waals surface area contributed by atoms with Gasteiger partial charge < -0.3 is 20.1 Å². The normalized spacial score (nSPS) is 11.7. The molecule has 7 heteroatoms. The first-order valence-electron chi connectivity index (χ1n) is 8.29. The Morgan fingerprint density at radius 3 is 1.96 bits per heavy atom. The average molecular weight is 346 g/mol.